The molecule has 41 heavy (non-hydrogen) atoms. The second-order valence-corrected chi connectivity index (χ2v) is 11.7. The molecule has 2 N–H and O–H groups in total. The van der Waals surface area contributed by atoms with E-state index in [9.17, 15) is 18.0 Å². The molecule has 9 nitrogen and oxygen atoms in total. The van der Waals surface area contributed by atoms with E-state index < -0.39 is 21.8 Å². The summed E-state index contributed by atoms with van der Waals surface area (Å²) in [5, 5.41) is 6.95. The highest BCUT2D eigenvalue weighted by atomic mass is 35.5. The number of hydrazone groups is 1. The zero-order chi connectivity index (χ0) is 29.4. The van der Waals surface area contributed by atoms with Gasteiger partial charge in [-0.2, -0.15) is 9.41 Å². The lowest BCUT2D eigenvalue weighted by Crippen LogP contribution is -2.39. The van der Waals surface area contributed by atoms with Crippen LogP contribution < -0.4 is 10.7 Å². The Kier molecular flexibility index (Phi) is 9.72. The molecule has 0 spiro atoms. The average molecular weight is 593 g/mol. The second-order valence-electron chi connectivity index (χ2n) is 9.32. The van der Waals surface area contributed by atoms with Crippen molar-refractivity contribution in [2.24, 2.45) is 5.10 Å². The summed E-state index contributed by atoms with van der Waals surface area (Å²) in [5.74, 6) is -1.15. The maximum atomic E-state index is 13.6. The maximum absolute atomic E-state index is 13.6. The molecule has 0 aliphatic rings. The van der Waals surface area contributed by atoms with Gasteiger partial charge in [-0.05, 0) is 61.4 Å². The standard InChI is InChI=1S/C30H29ClN4O5S/c1-21-8-16-28(17-9-21)41(38,39)35(19-23-10-12-25(31)13-11-23)20-27-15-14-26(40-27)18-32-34-30(37)29(36)33-22(2)24-6-4-3-5-7-24/h3-18,22H,19-20H2,1-2H3,(H,33,36)(H,34,37)/b32-18+/t22-/m0/s1. The Labute approximate surface area is 243 Å². The minimum Gasteiger partial charge on any atom is -0.459 e. The number of carbonyl (C=O) groups excluding carboxylic acids is 2. The van der Waals surface area contributed by atoms with Crippen molar-refractivity contribution < 1.29 is 22.4 Å². The number of benzene rings is 3. The van der Waals surface area contributed by atoms with Crippen molar-refractivity contribution in [2.75, 3.05) is 0 Å². The first kappa shape index (κ1) is 29.7. The van der Waals surface area contributed by atoms with Gasteiger partial charge in [-0.1, -0.05) is 71.8 Å². The number of rotatable bonds is 10. The molecule has 1 atom stereocenters. The van der Waals surface area contributed by atoms with Crippen molar-refractivity contribution in [3.8, 4) is 0 Å². The fourth-order valence-corrected chi connectivity index (χ4v) is 5.41. The zero-order valence-electron chi connectivity index (χ0n) is 22.5. The smallest absolute Gasteiger partial charge is 0.329 e. The van der Waals surface area contributed by atoms with Crippen molar-refractivity contribution in [3.05, 3.63) is 124 Å². The van der Waals surface area contributed by atoms with E-state index in [4.69, 9.17) is 16.0 Å². The summed E-state index contributed by atoms with van der Waals surface area (Å²) >= 11 is 6.00. The number of amides is 2. The van der Waals surface area contributed by atoms with Gasteiger partial charge in [0.1, 0.15) is 11.5 Å². The molecule has 11 heteroatoms. The molecule has 0 saturated carbocycles. The highest BCUT2D eigenvalue weighted by Crippen LogP contribution is 2.23. The van der Waals surface area contributed by atoms with Gasteiger partial charge in [-0.3, -0.25) is 9.59 Å². The number of halogens is 1. The molecule has 0 aliphatic carbocycles. The van der Waals surface area contributed by atoms with E-state index >= 15 is 0 Å². The largest absolute Gasteiger partial charge is 0.459 e. The molecule has 0 unspecified atom stereocenters. The van der Waals surface area contributed by atoms with Gasteiger partial charge in [-0.25, -0.2) is 13.8 Å². The number of aryl methyl sites for hydroxylation is 1. The van der Waals surface area contributed by atoms with Crippen LogP contribution in [-0.2, 0) is 32.7 Å². The lowest BCUT2D eigenvalue weighted by Gasteiger charge is -2.21. The Morgan fingerprint density at radius 2 is 1.61 bits per heavy atom. The van der Waals surface area contributed by atoms with Crippen LogP contribution in [0.2, 0.25) is 5.02 Å². The monoisotopic (exact) mass is 592 g/mol. The Balaban J connectivity index is 1.42. The van der Waals surface area contributed by atoms with Crippen LogP contribution in [-0.4, -0.2) is 30.8 Å². The molecule has 0 fully saturated rings. The highest BCUT2D eigenvalue weighted by Gasteiger charge is 2.26. The number of nitrogens with one attached hydrogen (secondary N) is 2. The summed E-state index contributed by atoms with van der Waals surface area (Å²) in [6.45, 7) is 3.68. The fourth-order valence-electron chi connectivity index (χ4n) is 3.89. The van der Waals surface area contributed by atoms with Crippen LogP contribution in [0.15, 0.2) is 105 Å². The summed E-state index contributed by atoms with van der Waals surface area (Å²) in [5.41, 5.74) is 4.72. The summed E-state index contributed by atoms with van der Waals surface area (Å²) in [4.78, 5) is 24.5. The van der Waals surface area contributed by atoms with E-state index in [0.29, 0.717) is 10.8 Å². The molecular formula is C30H29ClN4O5S. The van der Waals surface area contributed by atoms with Crippen molar-refractivity contribution in [2.45, 2.75) is 37.9 Å². The first-order chi connectivity index (χ1) is 19.6. The van der Waals surface area contributed by atoms with Crippen LogP contribution >= 0.6 is 11.6 Å². The third-order valence-electron chi connectivity index (χ3n) is 6.16. The summed E-state index contributed by atoms with van der Waals surface area (Å²) < 4.78 is 34.2. The van der Waals surface area contributed by atoms with Crippen LogP contribution in [0.1, 0.15) is 41.2 Å². The number of sulfonamides is 1. The average Bonchev–Trinajstić information content (AvgIpc) is 3.41. The molecule has 0 radical (unpaired) electrons. The third kappa shape index (κ3) is 8.14. The summed E-state index contributed by atoms with van der Waals surface area (Å²) in [6.07, 6.45) is 1.23. The fraction of sp³-hybridized carbons (Fsp3) is 0.167. The molecule has 2 amide bonds. The highest BCUT2D eigenvalue weighted by molar-refractivity contribution is 7.89. The predicted molar refractivity (Wildman–Crippen MR) is 157 cm³/mol. The molecule has 4 aromatic rings. The van der Waals surface area contributed by atoms with Crippen molar-refractivity contribution in [1.82, 2.24) is 15.0 Å². The van der Waals surface area contributed by atoms with Gasteiger partial charge in [0.15, 0.2) is 0 Å². The number of nitrogens with zero attached hydrogens (tertiary/aromatic N) is 2. The topological polar surface area (TPSA) is 121 Å². The predicted octanol–water partition coefficient (Wildman–Crippen LogP) is 4.96. The molecule has 0 aliphatic heterocycles. The Morgan fingerprint density at radius 3 is 2.29 bits per heavy atom. The molecule has 212 valence electrons. The second kappa shape index (κ2) is 13.4. The first-order valence-corrected chi connectivity index (χ1v) is 14.5. The first-order valence-electron chi connectivity index (χ1n) is 12.7. The zero-order valence-corrected chi connectivity index (χ0v) is 24.0. The van der Waals surface area contributed by atoms with Gasteiger partial charge in [-0.15, -0.1) is 0 Å². The van der Waals surface area contributed by atoms with Gasteiger partial charge in [0, 0.05) is 11.6 Å². The molecule has 0 saturated heterocycles. The number of hydrogen-bond acceptors (Lipinski definition) is 6. The van der Waals surface area contributed by atoms with Gasteiger partial charge >= 0.3 is 11.8 Å². The van der Waals surface area contributed by atoms with Crippen LogP contribution in [0.25, 0.3) is 0 Å². The third-order valence-corrected chi connectivity index (χ3v) is 8.21. The summed E-state index contributed by atoms with van der Waals surface area (Å²) in [7, 11) is -3.88. The van der Waals surface area contributed by atoms with E-state index in [2.05, 4.69) is 15.8 Å². The normalized spacial score (nSPS) is 12.4. The van der Waals surface area contributed by atoms with Gasteiger partial charge in [0.2, 0.25) is 10.0 Å². The van der Waals surface area contributed by atoms with Crippen molar-refractivity contribution in [3.63, 3.8) is 0 Å². The van der Waals surface area contributed by atoms with Gasteiger partial charge < -0.3 is 9.73 Å². The van der Waals surface area contributed by atoms with E-state index in [1.807, 2.05) is 37.3 Å². The molecule has 1 heterocycles. The quantitative estimate of drug-likeness (QED) is 0.153. The molecule has 3 aromatic carbocycles. The van der Waals surface area contributed by atoms with Crippen molar-refractivity contribution >= 4 is 39.7 Å². The molecule has 0 bridgehead atoms. The maximum Gasteiger partial charge on any atom is 0.329 e. The molecular weight excluding hydrogens is 564 g/mol. The van der Waals surface area contributed by atoms with Crippen LogP contribution in [0, 0.1) is 6.92 Å². The SMILES string of the molecule is Cc1ccc(S(=O)(=O)N(Cc2ccc(Cl)cc2)Cc2ccc(/C=N/NC(=O)C(=O)N[C@@H](C)c3ccccc3)o2)cc1. The van der Waals surface area contributed by atoms with E-state index in [-0.39, 0.29) is 29.8 Å². The van der Waals surface area contributed by atoms with Crippen LogP contribution in [0.3, 0.4) is 0 Å². The lowest BCUT2D eigenvalue weighted by atomic mass is 10.1. The number of furan rings is 1. The molecule has 1 aromatic heterocycles. The lowest BCUT2D eigenvalue weighted by molar-refractivity contribution is -0.139. The van der Waals surface area contributed by atoms with E-state index in [0.717, 1.165) is 16.7 Å². The Hall–Kier alpha value is -4.25. The van der Waals surface area contributed by atoms with E-state index in [1.165, 1.54) is 10.5 Å². The van der Waals surface area contributed by atoms with Crippen LogP contribution in [0.4, 0.5) is 0 Å². The summed E-state index contributed by atoms with van der Waals surface area (Å²) in [6, 6.07) is 25.6. The van der Waals surface area contributed by atoms with Crippen LogP contribution in [0.5, 0.6) is 0 Å². The van der Waals surface area contributed by atoms with E-state index in [1.54, 1.807) is 67.6 Å². The Bertz CT molecular complexity index is 1620. The molecule has 4 rings (SSSR count). The minimum absolute atomic E-state index is 0.0567. The Morgan fingerprint density at radius 1 is 0.927 bits per heavy atom. The minimum atomic E-state index is -3.88. The van der Waals surface area contributed by atoms with Gasteiger partial charge in [0.05, 0.1) is 23.7 Å². The number of carbonyl (C=O) groups is 2. The van der Waals surface area contributed by atoms with Crippen molar-refractivity contribution in [1.29, 1.82) is 0 Å². The van der Waals surface area contributed by atoms with Gasteiger partial charge in [0.25, 0.3) is 0 Å². The number of hydrogen-bond donors (Lipinski definition) is 2.